The van der Waals surface area contributed by atoms with Gasteiger partial charge in [-0.2, -0.15) is 0 Å². The van der Waals surface area contributed by atoms with Crippen LogP contribution in [0.5, 0.6) is 0 Å². The second-order valence-corrected chi connectivity index (χ2v) is 4.93. The van der Waals surface area contributed by atoms with Gasteiger partial charge < -0.3 is 0 Å². The van der Waals surface area contributed by atoms with Crippen molar-refractivity contribution in [3.05, 3.63) is 77.4 Å². The van der Waals surface area contributed by atoms with E-state index in [1.165, 1.54) is 35.1 Å². The van der Waals surface area contributed by atoms with E-state index in [2.05, 4.69) is 67.6 Å². The van der Waals surface area contributed by atoms with Crippen LogP contribution in [-0.2, 0) is 0 Å². The second-order valence-electron chi connectivity index (χ2n) is 4.93. The van der Waals surface area contributed by atoms with E-state index in [1.54, 1.807) is 0 Å². The van der Waals surface area contributed by atoms with Gasteiger partial charge in [-0.25, -0.2) is 0 Å². The summed E-state index contributed by atoms with van der Waals surface area (Å²) in [5, 5.41) is 0. The number of fused-ring (bicyclic) bond motifs is 1. The molecule has 0 aromatic heterocycles. The van der Waals surface area contributed by atoms with E-state index in [9.17, 15) is 0 Å². The van der Waals surface area contributed by atoms with Crippen LogP contribution in [0, 0.1) is 0 Å². The van der Waals surface area contributed by atoms with Crippen LogP contribution < -0.4 is 0 Å². The molecule has 0 heteroatoms. The van der Waals surface area contributed by atoms with Gasteiger partial charge in [0.05, 0.1) is 0 Å². The number of benzene rings is 2. The second kappa shape index (κ2) is 4.81. The Morgan fingerprint density at radius 3 is 2.39 bits per heavy atom. The molecule has 1 aliphatic carbocycles. The van der Waals surface area contributed by atoms with Crippen molar-refractivity contribution >= 4 is 5.57 Å². The Morgan fingerprint density at radius 2 is 1.61 bits per heavy atom. The average Bonchev–Trinajstić information content (AvgIpc) is 2.80. The molecular weight excluding hydrogens is 216 g/mol. The molecule has 0 nitrogen and oxygen atoms in total. The molecule has 2 aromatic rings. The topological polar surface area (TPSA) is 0 Å². The fourth-order valence-corrected chi connectivity index (χ4v) is 2.87. The highest BCUT2D eigenvalue weighted by Gasteiger charge is 2.22. The molecule has 0 N–H and O–H groups in total. The smallest absolute Gasteiger partial charge is 0.00334 e. The van der Waals surface area contributed by atoms with E-state index in [4.69, 9.17) is 0 Å². The lowest BCUT2D eigenvalue weighted by Crippen LogP contribution is -1.91. The summed E-state index contributed by atoms with van der Waals surface area (Å²) < 4.78 is 0. The first-order chi connectivity index (χ1) is 8.90. The Hall–Kier alpha value is -1.82. The summed E-state index contributed by atoms with van der Waals surface area (Å²) >= 11 is 0. The third kappa shape index (κ3) is 1.88. The van der Waals surface area contributed by atoms with Gasteiger partial charge in [0.15, 0.2) is 0 Å². The Labute approximate surface area is 109 Å². The Morgan fingerprint density at radius 1 is 0.889 bits per heavy atom. The van der Waals surface area contributed by atoms with Crippen LogP contribution in [0.2, 0.25) is 0 Å². The summed E-state index contributed by atoms with van der Waals surface area (Å²) in [6.07, 6.45) is 4.93. The van der Waals surface area contributed by atoms with Crippen LogP contribution in [0.15, 0.2) is 60.7 Å². The zero-order valence-electron chi connectivity index (χ0n) is 10.8. The molecule has 3 rings (SSSR count). The summed E-state index contributed by atoms with van der Waals surface area (Å²) in [7, 11) is 0. The molecule has 0 saturated heterocycles. The van der Waals surface area contributed by atoms with Crippen LogP contribution in [0.25, 0.3) is 5.57 Å². The molecule has 0 spiro atoms. The van der Waals surface area contributed by atoms with Crippen molar-refractivity contribution in [2.45, 2.75) is 25.7 Å². The molecule has 0 fully saturated rings. The lowest BCUT2D eigenvalue weighted by atomic mass is 9.96. The lowest BCUT2D eigenvalue weighted by Gasteiger charge is -2.08. The molecule has 2 aromatic carbocycles. The maximum atomic E-state index is 2.45. The molecule has 18 heavy (non-hydrogen) atoms. The normalized spacial score (nSPS) is 17.4. The molecule has 1 unspecified atom stereocenters. The van der Waals surface area contributed by atoms with Crippen molar-refractivity contribution in [3.8, 4) is 0 Å². The molecule has 90 valence electrons. The standard InChI is InChI=1S/C18H18/c1-2-8-15-13-18(14-9-4-3-5-10-14)17-12-7-6-11-16(15)17/h3-7,9-13,15H,2,8H2,1H3. The zero-order valence-corrected chi connectivity index (χ0v) is 10.8. The fraction of sp³-hybridized carbons (Fsp3) is 0.222. The first-order valence-electron chi connectivity index (χ1n) is 6.76. The Kier molecular flexibility index (Phi) is 3.02. The van der Waals surface area contributed by atoms with Crippen LogP contribution in [-0.4, -0.2) is 0 Å². The van der Waals surface area contributed by atoms with Gasteiger partial charge in [0, 0.05) is 5.92 Å². The quantitative estimate of drug-likeness (QED) is 0.699. The minimum atomic E-state index is 0.599. The van der Waals surface area contributed by atoms with Crippen molar-refractivity contribution in [1.82, 2.24) is 0 Å². The maximum absolute atomic E-state index is 2.45. The summed E-state index contributed by atoms with van der Waals surface area (Å²) in [4.78, 5) is 0. The molecule has 0 bridgehead atoms. The van der Waals surface area contributed by atoms with Gasteiger partial charge in [-0.1, -0.05) is 74.0 Å². The molecule has 0 heterocycles. The van der Waals surface area contributed by atoms with Gasteiger partial charge >= 0.3 is 0 Å². The highest BCUT2D eigenvalue weighted by atomic mass is 14.3. The third-order valence-corrected chi connectivity index (χ3v) is 3.70. The molecule has 1 aliphatic rings. The first-order valence-corrected chi connectivity index (χ1v) is 6.76. The van der Waals surface area contributed by atoms with Gasteiger partial charge in [-0.3, -0.25) is 0 Å². The van der Waals surface area contributed by atoms with Gasteiger partial charge in [-0.15, -0.1) is 0 Å². The lowest BCUT2D eigenvalue weighted by molar-refractivity contribution is 0.725. The molecule has 0 aliphatic heterocycles. The third-order valence-electron chi connectivity index (χ3n) is 3.70. The number of allylic oxidation sites excluding steroid dienone is 1. The van der Waals surface area contributed by atoms with E-state index in [-0.39, 0.29) is 0 Å². The number of hydrogen-bond donors (Lipinski definition) is 0. The van der Waals surface area contributed by atoms with Gasteiger partial charge in [0.2, 0.25) is 0 Å². The average molecular weight is 234 g/mol. The molecule has 1 atom stereocenters. The SMILES string of the molecule is CCCC1C=C(c2ccccc2)c2ccccc21. The van der Waals surface area contributed by atoms with Gasteiger partial charge in [0.25, 0.3) is 0 Å². The van der Waals surface area contributed by atoms with Crippen molar-refractivity contribution in [2.24, 2.45) is 0 Å². The highest BCUT2D eigenvalue weighted by molar-refractivity contribution is 5.85. The predicted octanol–water partition coefficient (Wildman–Crippen LogP) is 5.02. The minimum absolute atomic E-state index is 0.599. The molecule has 0 radical (unpaired) electrons. The predicted molar refractivity (Wildman–Crippen MR) is 77.6 cm³/mol. The summed E-state index contributed by atoms with van der Waals surface area (Å²) in [5.41, 5.74) is 5.66. The largest absolute Gasteiger partial charge is 0.0685 e. The summed E-state index contributed by atoms with van der Waals surface area (Å²) in [5.74, 6) is 0.599. The van der Waals surface area contributed by atoms with Crippen LogP contribution in [0.3, 0.4) is 0 Å². The Bertz CT molecular complexity index is 564. The first kappa shape index (κ1) is 11.3. The molecule has 0 amide bonds. The summed E-state index contributed by atoms with van der Waals surface area (Å²) in [6, 6.07) is 19.6. The van der Waals surface area contributed by atoms with E-state index >= 15 is 0 Å². The maximum Gasteiger partial charge on any atom is 0.00334 e. The van der Waals surface area contributed by atoms with Crippen LogP contribution in [0.1, 0.15) is 42.4 Å². The van der Waals surface area contributed by atoms with Crippen molar-refractivity contribution in [2.75, 3.05) is 0 Å². The van der Waals surface area contributed by atoms with E-state index < -0.39 is 0 Å². The Balaban J connectivity index is 2.08. The zero-order chi connectivity index (χ0) is 12.4. The van der Waals surface area contributed by atoms with Crippen molar-refractivity contribution in [3.63, 3.8) is 0 Å². The van der Waals surface area contributed by atoms with Crippen molar-refractivity contribution in [1.29, 1.82) is 0 Å². The molecule has 0 saturated carbocycles. The van der Waals surface area contributed by atoms with Gasteiger partial charge in [-0.05, 0) is 28.7 Å². The van der Waals surface area contributed by atoms with E-state index in [1.807, 2.05) is 0 Å². The number of hydrogen-bond acceptors (Lipinski definition) is 0. The monoisotopic (exact) mass is 234 g/mol. The van der Waals surface area contributed by atoms with Crippen molar-refractivity contribution < 1.29 is 0 Å². The molecular formula is C18H18. The van der Waals surface area contributed by atoms with Crippen LogP contribution in [0.4, 0.5) is 0 Å². The number of rotatable bonds is 3. The minimum Gasteiger partial charge on any atom is -0.0685 e. The van der Waals surface area contributed by atoms with E-state index in [0.717, 1.165) is 0 Å². The fourth-order valence-electron chi connectivity index (χ4n) is 2.87. The highest BCUT2D eigenvalue weighted by Crippen LogP contribution is 2.41. The van der Waals surface area contributed by atoms with E-state index in [0.29, 0.717) is 5.92 Å². The van der Waals surface area contributed by atoms with Gasteiger partial charge in [0.1, 0.15) is 0 Å². The summed E-state index contributed by atoms with van der Waals surface area (Å²) in [6.45, 7) is 2.26. The van der Waals surface area contributed by atoms with Crippen LogP contribution >= 0.6 is 0 Å².